The van der Waals surface area contributed by atoms with Crippen molar-refractivity contribution in [3.8, 4) is 0 Å². The average Bonchev–Trinajstić information content (AvgIpc) is 3.18. The number of rotatable bonds is 6. The van der Waals surface area contributed by atoms with Crippen LogP contribution in [0.5, 0.6) is 0 Å². The summed E-state index contributed by atoms with van der Waals surface area (Å²) in [6, 6.07) is 0. The van der Waals surface area contributed by atoms with Crippen LogP contribution in [0.4, 0.5) is 5.95 Å². The zero-order chi connectivity index (χ0) is 16.5. The van der Waals surface area contributed by atoms with Crippen molar-refractivity contribution >= 4 is 33.1 Å². The number of thiophene rings is 1. The summed E-state index contributed by atoms with van der Waals surface area (Å²) in [4.78, 5) is 12.1. The van der Waals surface area contributed by atoms with Gasteiger partial charge >= 0.3 is 0 Å². The molecule has 0 bridgehead atoms. The number of nitrogens with one attached hydrogen (secondary N) is 1. The first-order valence-corrected chi connectivity index (χ1v) is 10.00. The van der Waals surface area contributed by atoms with Crippen LogP contribution in [-0.2, 0) is 6.42 Å². The molecule has 1 N–H and O–H groups in total. The van der Waals surface area contributed by atoms with Crippen LogP contribution in [0.1, 0.15) is 68.7 Å². The van der Waals surface area contributed by atoms with Gasteiger partial charge in [0.25, 0.3) is 0 Å². The number of fused-ring (bicyclic) bond motifs is 5. The molecule has 6 heteroatoms. The Labute approximate surface area is 146 Å². The molecule has 0 spiro atoms. The number of aryl methyl sites for hydroxylation is 1. The molecule has 1 aliphatic rings. The number of unbranched alkanes of at least 4 members (excludes halogenated alkanes) is 3. The van der Waals surface area contributed by atoms with Crippen molar-refractivity contribution in [1.29, 1.82) is 0 Å². The minimum absolute atomic E-state index is 0.595. The molecule has 0 fully saturated rings. The van der Waals surface area contributed by atoms with E-state index in [-0.39, 0.29) is 0 Å². The van der Waals surface area contributed by atoms with Crippen LogP contribution in [0, 0.1) is 0 Å². The van der Waals surface area contributed by atoms with Crippen LogP contribution < -0.4 is 5.32 Å². The Balaban J connectivity index is 1.72. The van der Waals surface area contributed by atoms with Crippen molar-refractivity contribution in [2.45, 2.75) is 64.7 Å². The highest BCUT2D eigenvalue weighted by molar-refractivity contribution is 7.19. The minimum atomic E-state index is 0.595. The van der Waals surface area contributed by atoms with Gasteiger partial charge in [0.15, 0.2) is 5.65 Å². The molecule has 0 amide bonds. The molecule has 0 unspecified atom stereocenters. The smallest absolute Gasteiger partial charge is 0.227 e. The maximum Gasteiger partial charge on any atom is 0.227 e. The van der Waals surface area contributed by atoms with E-state index in [4.69, 9.17) is 4.98 Å². The maximum absolute atomic E-state index is 4.90. The van der Waals surface area contributed by atoms with E-state index in [1.54, 1.807) is 6.33 Å². The SMILES string of the molecule is CCCCCCNc1nc2sc3c(c2c2ncnn12)[C@H](C)CCC3. The zero-order valence-corrected chi connectivity index (χ0v) is 15.3. The number of hydrogen-bond acceptors (Lipinski definition) is 5. The van der Waals surface area contributed by atoms with Crippen LogP contribution in [0.15, 0.2) is 6.33 Å². The highest BCUT2D eigenvalue weighted by Gasteiger charge is 2.25. The first kappa shape index (κ1) is 15.8. The first-order chi connectivity index (χ1) is 11.8. The van der Waals surface area contributed by atoms with Crippen molar-refractivity contribution in [2.24, 2.45) is 0 Å². The van der Waals surface area contributed by atoms with Gasteiger partial charge in [-0.1, -0.05) is 33.1 Å². The molecular weight excluding hydrogens is 318 g/mol. The van der Waals surface area contributed by atoms with E-state index < -0.39 is 0 Å². The average molecular weight is 344 g/mol. The number of hydrogen-bond donors (Lipinski definition) is 1. The first-order valence-electron chi connectivity index (χ1n) is 9.18. The van der Waals surface area contributed by atoms with Gasteiger partial charge in [0, 0.05) is 11.4 Å². The minimum Gasteiger partial charge on any atom is -0.354 e. The fourth-order valence-corrected chi connectivity index (χ4v) is 5.10. The summed E-state index contributed by atoms with van der Waals surface area (Å²) in [6.07, 6.45) is 10.4. The molecular formula is C18H25N5S. The van der Waals surface area contributed by atoms with Crippen LogP contribution in [0.25, 0.3) is 15.9 Å². The summed E-state index contributed by atoms with van der Waals surface area (Å²) in [5.74, 6) is 1.43. The molecule has 3 heterocycles. The molecule has 3 aromatic heterocycles. The van der Waals surface area contributed by atoms with Crippen LogP contribution in [0.2, 0.25) is 0 Å². The molecule has 128 valence electrons. The summed E-state index contributed by atoms with van der Waals surface area (Å²) in [6.45, 7) is 5.51. The summed E-state index contributed by atoms with van der Waals surface area (Å²) >= 11 is 1.85. The third-order valence-electron chi connectivity index (χ3n) is 5.03. The van der Waals surface area contributed by atoms with Gasteiger partial charge in [0.05, 0.1) is 5.39 Å². The maximum atomic E-state index is 4.90. The highest BCUT2D eigenvalue weighted by Crippen LogP contribution is 2.43. The Morgan fingerprint density at radius 1 is 1.33 bits per heavy atom. The molecule has 5 nitrogen and oxygen atoms in total. The van der Waals surface area contributed by atoms with Gasteiger partial charge in [-0.15, -0.1) is 11.3 Å². The van der Waals surface area contributed by atoms with E-state index in [1.807, 2.05) is 15.9 Å². The monoisotopic (exact) mass is 343 g/mol. The second kappa shape index (κ2) is 6.67. The van der Waals surface area contributed by atoms with Gasteiger partial charge in [-0.25, -0.2) is 9.97 Å². The normalized spacial score (nSPS) is 17.5. The molecule has 1 aliphatic carbocycles. The third-order valence-corrected chi connectivity index (χ3v) is 6.19. The zero-order valence-electron chi connectivity index (χ0n) is 14.5. The molecule has 1 atom stereocenters. The van der Waals surface area contributed by atoms with E-state index in [2.05, 4.69) is 29.2 Å². The van der Waals surface area contributed by atoms with Gasteiger partial charge < -0.3 is 5.32 Å². The Bertz CT molecular complexity index is 850. The second-order valence-corrected chi connectivity index (χ2v) is 7.91. The summed E-state index contributed by atoms with van der Waals surface area (Å²) in [7, 11) is 0. The predicted octanol–water partition coefficient (Wildman–Crippen LogP) is 4.77. The van der Waals surface area contributed by atoms with Crippen molar-refractivity contribution in [1.82, 2.24) is 19.6 Å². The molecule has 0 saturated carbocycles. The molecule has 3 aromatic rings. The van der Waals surface area contributed by atoms with Crippen LogP contribution >= 0.6 is 11.3 Å². The molecule has 0 radical (unpaired) electrons. The third kappa shape index (κ3) is 2.66. The lowest BCUT2D eigenvalue weighted by Crippen LogP contribution is -2.09. The van der Waals surface area contributed by atoms with E-state index >= 15 is 0 Å². The lowest BCUT2D eigenvalue weighted by Gasteiger charge is -2.18. The Morgan fingerprint density at radius 3 is 3.12 bits per heavy atom. The van der Waals surface area contributed by atoms with Crippen LogP contribution in [0.3, 0.4) is 0 Å². The van der Waals surface area contributed by atoms with Crippen LogP contribution in [-0.4, -0.2) is 26.1 Å². The largest absolute Gasteiger partial charge is 0.354 e. The van der Waals surface area contributed by atoms with Gasteiger partial charge in [0.1, 0.15) is 11.2 Å². The molecule has 0 aromatic carbocycles. The Kier molecular flexibility index (Phi) is 4.39. The molecule has 0 aliphatic heterocycles. The van der Waals surface area contributed by atoms with Gasteiger partial charge in [-0.2, -0.15) is 9.61 Å². The Morgan fingerprint density at radius 2 is 2.25 bits per heavy atom. The van der Waals surface area contributed by atoms with Crippen molar-refractivity contribution in [3.63, 3.8) is 0 Å². The summed E-state index contributed by atoms with van der Waals surface area (Å²) in [5.41, 5.74) is 2.43. The quantitative estimate of drug-likeness (QED) is 0.655. The molecule has 0 saturated heterocycles. The molecule has 24 heavy (non-hydrogen) atoms. The Hall–Kier alpha value is -1.69. The van der Waals surface area contributed by atoms with Crippen molar-refractivity contribution in [2.75, 3.05) is 11.9 Å². The number of anilines is 1. The fraction of sp³-hybridized carbons (Fsp3) is 0.611. The second-order valence-electron chi connectivity index (χ2n) is 6.83. The van der Waals surface area contributed by atoms with E-state index in [0.717, 1.165) is 23.0 Å². The lowest BCUT2D eigenvalue weighted by molar-refractivity contribution is 0.602. The van der Waals surface area contributed by atoms with Gasteiger partial charge in [-0.05, 0) is 37.2 Å². The number of nitrogens with zero attached hydrogens (tertiary/aromatic N) is 4. The van der Waals surface area contributed by atoms with Crippen molar-refractivity contribution in [3.05, 3.63) is 16.8 Å². The number of aromatic nitrogens is 4. The standard InChI is InChI=1S/C18H25N5S/c1-3-4-5-6-10-19-18-22-17-15(16-20-11-21-23(16)18)14-12(2)8-7-9-13(14)24-17/h11-12H,3-10H2,1-2H3,(H,19,22)/t12-/m1/s1. The lowest BCUT2D eigenvalue weighted by atomic mass is 9.87. The van der Waals surface area contributed by atoms with Crippen molar-refractivity contribution < 1.29 is 0 Å². The van der Waals surface area contributed by atoms with E-state index in [9.17, 15) is 0 Å². The van der Waals surface area contributed by atoms with Gasteiger partial charge in [-0.3, -0.25) is 0 Å². The summed E-state index contributed by atoms with van der Waals surface area (Å²) in [5, 5.41) is 9.13. The fourth-order valence-electron chi connectivity index (χ4n) is 3.77. The van der Waals surface area contributed by atoms with Gasteiger partial charge in [0.2, 0.25) is 5.95 Å². The topological polar surface area (TPSA) is 55.1 Å². The van der Waals surface area contributed by atoms with E-state index in [1.165, 1.54) is 60.8 Å². The molecule has 4 rings (SSSR count). The predicted molar refractivity (Wildman–Crippen MR) is 100 cm³/mol. The highest BCUT2D eigenvalue weighted by atomic mass is 32.1. The summed E-state index contributed by atoms with van der Waals surface area (Å²) < 4.78 is 1.89. The van der Waals surface area contributed by atoms with E-state index in [0.29, 0.717) is 5.92 Å².